The maximum absolute atomic E-state index is 2.16. The van der Waals surface area contributed by atoms with E-state index in [0.29, 0.717) is 0 Å². The molecule has 0 nitrogen and oxygen atoms in total. The number of hydrogen-bond acceptors (Lipinski definition) is 0. The first-order chi connectivity index (χ1) is 4.81. The van der Waals surface area contributed by atoms with Crippen LogP contribution in [0.4, 0.5) is 0 Å². The summed E-state index contributed by atoms with van der Waals surface area (Å²) in [6.07, 6.45) is 11.4. The molecule has 0 saturated carbocycles. The molecule has 0 aromatic heterocycles. The zero-order chi connectivity index (χ0) is 7.82. The molecule has 0 aromatic rings. The van der Waals surface area contributed by atoms with Gasteiger partial charge in [0, 0.05) is 0 Å². The molecule has 0 aromatic carbocycles. The molecule has 0 fully saturated rings. The van der Waals surface area contributed by atoms with Gasteiger partial charge in [0.1, 0.15) is 0 Å². The van der Waals surface area contributed by atoms with Crippen LogP contribution in [0.15, 0.2) is 36.0 Å². The smallest absolute Gasteiger partial charge is 0.0349 e. The summed E-state index contributed by atoms with van der Waals surface area (Å²) in [4.78, 5) is 0. The molecular formula is C10H16. The summed E-state index contributed by atoms with van der Waals surface area (Å²) < 4.78 is 0. The third-order valence-corrected chi connectivity index (χ3v) is 1.35. The lowest BCUT2D eigenvalue weighted by atomic mass is 10.2. The average molecular weight is 136 g/mol. The van der Waals surface area contributed by atoms with E-state index in [9.17, 15) is 0 Å². The second-order valence-electron chi connectivity index (χ2n) is 2.28. The van der Waals surface area contributed by atoms with Crippen molar-refractivity contribution in [2.75, 3.05) is 0 Å². The van der Waals surface area contributed by atoms with Crippen molar-refractivity contribution in [3.05, 3.63) is 36.0 Å². The van der Waals surface area contributed by atoms with Crippen molar-refractivity contribution in [2.24, 2.45) is 0 Å². The van der Waals surface area contributed by atoms with Gasteiger partial charge in [-0.2, -0.15) is 0 Å². The minimum absolute atomic E-state index is 1.14. The Kier molecular flexibility index (Phi) is 5.85. The van der Waals surface area contributed by atoms with E-state index < -0.39 is 0 Å². The van der Waals surface area contributed by atoms with Crippen molar-refractivity contribution >= 4 is 0 Å². The van der Waals surface area contributed by atoms with Crippen LogP contribution in [0.1, 0.15) is 27.2 Å². The SMILES string of the molecule is C/C=C\C=C/C=C(C)CC. The molecule has 0 aliphatic heterocycles. The van der Waals surface area contributed by atoms with Crippen molar-refractivity contribution < 1.29 is 0 Å². The quantitative estimate of drug-likeness (QED) is 0.521. The Morgan fingerprint density at radius 2 is 1.90 bits per heavy atom. The van der Waals surface area contributed by atoms with E-state index in [0.717, 1.165) is 6.42 Å². The van der Waals surface area contributed by atoms with Gasteiger partial charge in [-0.05, 0) is 20.3 Å². The van der Waals surface area contributed by atoms with Gasteiger partial charge in [0.05, 0.1) is 0 Å². The van der Waals surface area contributed by atoms with Gasteiger partial charge in [-0.25, -0.2) is 0 Å². The minimum Gasteiger partial charge on any atom is -0.0877 e. The maximum atomic E-state index is 2.16. The summed E-state index contributed by atoms with van der Waals surface area (Å²) in [6, 6.07) is 0. The Hall–Kier alpha value is -0.780. The van der Waals surface area contributed by atoms with Crippen molar-refractivity contribution in [3.63, 3.8) is 0 Å². The summed E-state index contributed by atoms with van der Waals surface area (Å²) in [6.45, 7) is 6.32. The van der Waals surface area contributed by atoms with Crippen molar-refractivity contribution in [1.29, 1.82) is 0 Å². The van der Waals surface area contributed by atoms with Crippen LogP contribution >= 0.6 is 0 Å². The van der Waals surface area contributed by atoms with Gasteiger partial charge < -0.3 is 0 Å². The fourth-order valence-electron chi connectivity index (χ4n) is 0.513. The second-order valence-corrected chi connectivity index (χ2v) is 2.28. The monoisotopic (exact) mass is 136 g/mol. The summed E-state index contributed by atoms with van der Waals surface area (Å²) in [5.74, 6) is 0. The molecule has 0 radical (unpaired) electrons. The van der Waals surface area contributed by atoms with Crippen molar-refractivity contribution in [3.8, 4) is 0 Å². The standard InChI is InChI=1S/C10H16/c1-4-6-7-8-9-10(3)5-2/h4,6-9H,5H2,1-3H3/b6-4-,8-7-,10-9?. The Morgan fingerprint density at radius 1 is 1.20 bits per heavy atom. The third kappa shape index (κ3) is 5.36. The van der Waals surface area contributed by atoms with Crippen molar-refractivity contribution in [2.45, 2.75) is 27.2 Å². The molecule has 0 amide bonds. The first-order valence-corrected chi connectivity index (χ1v) is 3.76. The molecule has 0 unspecified atom stereocenters. The zero-order valence-corrected chi connectivity index (χ0v) is 7.09. The van der Waals surface area contributed by atoms with Crippen LogP contribution in [0.25, 0.3) is 0 Å². The lowest BCUT2D eigenvalue weighted by Crippen LogP contribution is -1.66. The van der Waals surface area contributed by atoms with E-state index >= 15 is 0 Å². The molecule has 0 bridgehead atoms. The molecule has 10 heavy (non-hydrogen) atoms. The molecule has 0 N–H and O–H groups in total. The summed E-state index contributed by atoms with van der Waals surface area (Å²) in [5, 5.41) is 0. The Balaban J connectivity index is 3.70. The van der Waals surface area contributed by atoms with Crippen LogP contribution in [0, 0.1) is 0 Å². The van der Waals surface area contributed by atoms with E-state index in [1.165, 1.54) is 5.57 Å². The zero-order valence-electron chi connectivity index (χ0n) is 7.09. The Labute approximate surface area is 64.0 Å². The van der Waals surface area contributed by atoms with Crippen molar-refractivity contribution in [1.82, 2.24) is 0 Å². The molecule has 56 valence electrons. The van der Waals surface area contributed by atoms with Crippen LogP contribution in [0.5, 0.6) is 0 Å². The first kappa shape index (κ1) is 9.22. The van der Waals surface area contributed by atoms with E-state index in [4.69, 9.17) is 0 Å². The Bertz CT molecular complexity index is 147. The highest BCUT2D eigenvalue weighted by atomic mass is 13.8. The summed E-state index contributed by atoms with van der Waals surface area (Å²) in [7, 11) is 0. The van der Waals surface area contributed by atoms with Gasteiger partial charge in [0.25, 0.3) is 0 Å². The molecule has 0 aliphatic rings. The minimum atomic E-state index is 1.14. The Morgan fingerprint density at radius 3 is 2.40 bits per heavy atom. The van der Waals surface area contributed by atoms with E-state index in [1.807, 2.05) is 25.2 Å². The topological polar surface area (TPSA) is 0 Å². The van der Waals surface area contributed by atoms with Gasteiger partial charge in [-0.3, -0.25) is 0 Å². The highest BCUT2D eigenvalue weighted by molar-refractivity contribution is 5.14. The highest BCUT2D eigenvalue weighted by Gasteiger charge is 1.76. The third-order valence-electron chi connectivity index (χ3n) is 1.35. The van der Waals surface area contributed by atoms with Gasteiger partial charge in [-0.1, -0.05) is 42.9 Å². The average Bonchev–Trinajstić information content (AvgIpc) is 1.98. The fourth-order valence-corrected chi connectivity index (χ4v) is 0.513. The number of allylic oxidation sites excluding steroid dienone is 6. The van der Waals surface area contributed by atoms with Crippen LogP contribution in [-0.4, -0.2) is 0 Å². The summed E-state index contributed by atoms with van der Waals surface area (Å²) in [5.41, 5.74) is 1.42. The predicted octanol–water partition coefficient (Wildman–Crippen LogP) is 3.48. The predicted molar refractivity (Wildman–Crippen MR) is 48.0 cm³/mol. The van der Waals surface area contributed by atoms with Gasteiger partial charge in [0.15, 0.2) is 0 Å². The van der Waals surface area contributed by atoms with E-state index in [1.54, 1.807) is 0 Å². The molecule has 0 aliphatic carbocycles. The molecule has 0 heterocycles. The molecule has 0 saturated heterocycles. The highest BCUT2D eigenvalue weighted by Crippen LogP contribution is 1.97. The van der Waals surface area contributed by atoms with E-state index in [2.05, 4.69) is 26.0 Å². The van der Waals surface area contributed by atoms with Crippen LogP contribution in [0.3, 0.4) is 0 Å². The summed E-state index contributed by atoms with van der Waals surface area (Å²) >= 11 is 0. The molecule has 0 atom stereocenters. The molecule has 0 heteroatoms. The van der Waals surface area contributed by atoms with Gasteiger partial charge >= 0.3 is 0 Å². The van der Waals surface area contributed by atoms with Crippen LogP contribution < -0.4 is 0 Å². The van der Waals surface area contributed by atoms with Gasteiger partial charge in [-0.15, -0.1) is 0 Å². The van der Waals surface area contributed by atoms with E-state index in [-0.39, 0.29) is 0 Å². The molecular weight excluding hydrogens is 120 g/mol. The lowest BCUT2D eigenvalue weighted by molar-refractivity contribution is 1.10. The second kappa shape index (κ2) is 6.34. The number of rotatable bonds is 3. The molecule has 0 spiro atoms. The number of hydrogen-bond donors (Lipinski definition) is 0. The largest absolute Gasteiger partial charge is 0.0877 e. The lowest BCUT2D eigenvalue weighted by Gasteiger charge is -1.87. The molecule has 0 rings (SSSR count). The fraction of sp³-hybridized carbons (Fsp3) is 0.400. The van der Waals surface area contributed by atoms with Crippen LogP contribution in [0.2, 0.25) is 0 Å². The van der Waals surface area contributed by atoms with Gasteiger partial charge in [0.2, 0.25) is 0 Å². The van der Waals surface area contributed by atoms with Crippen LogP contribution in [-0.2, 0) is 0 Å². The first-order valence-electron chi connectivity index (χ1n) is 3.76. The normalized spacial score (nSPS) is 13.7. The maximum Gasteiger partial charge on any atom is -0.0349 e.